The van der Waals surface area contributed by atoms with Gasteiger partial charge in [0.05, 0.1) is 4.90 Å². The summed E-state index contributed by atoms with van der Waals surface area (Å²) in [6.45, 7) is 1.10. The van der Waals surface area contributed by atoms with Gasteiger partial charge < -0.3 is 20.1 Å². The first kappa shape index (κ1) is 26.8. The van der Waals surface area contributed by atoms with Gasteiger partial charge in [0.1, 0.15) is 5.69 Å². The van der Waals surface area contributed by atoms with E-state index < -0.39 is 10.0 Å². The van der Waals surface area contributed by atoms with Crippen LogP contribution < -0.4 is 21.1 Å². The van der Waals surface area contributed by atoms with Crippen LogP contribution in [0.25, 0.3) is 10.8 Å². The summed E-state index contributed by atoms with van der Waals surface area (Å²) in [6.07, 6.45) is 6.19. The molecule has 2 aromatic carbocycles. The average molecular weight is 564 g/mol. The Labute approximate surface area is 235 Å². The third-order valence-corrected chi connectivity index (χ3v) is 10.6. The molecule has 2 aliphatic heterocycles. The van der Waals surface area contributed by atoms with E-state index in [2.05, 4.69) is 10.6 Å². The fraction of sp³-hybridized carbons (Fsp3) is 0.467. The van der Waals surface area contributed by atoms with E-state index in [-0.39, 0.29) is 35.2 Å². The molecule has 0 unspecified atom stereocenters. The maximum absolute atomic E-state index is 14.0. The van der Waals surface area contributed by atoms with Gasteiger partial charge >= 0.3 is 6.03 Å². The van der Waals surface area contributed by atoms with Crippen LogP contribution in [0, 0.1) is 5.92 Å². The summed E-state index contributed by atoms with van der Waals surface area (Å²) in [6, 6.07) is 14.5. The summed E-state index contributed by atoms with van der Waals surface area (Å²) in [4.78, 5) is 28.3. The number of rotatable bonds is 5. The Morgan fingerprint density at radius 2 is 1.68 bits per heavy atom. The van der Waals surface area contributed by atoms with Crippen LogP contribution in [-0.4, -0.2) is 56.5 Å². The number of pyridine rings is 1. The molecule has 1 saturated carbocycles. The molecule has 212 valence electrons. The number of carbonyl (C=O) groups is 1. The molecule has 6 rings (SSSR count). The molecular formula is C30H37N5O4S. The first-order chi connectivity index (χ1) is 19.2. The van der Waals surface area contributed by atoms with Gasteiger partial charge in [-0.1, -0.05) is 43.5 Å². The molecule has 2 N–H and O–H groups in total. The topological polar surface area (TPSA) is 104 Å². The van der Waals surface area contributed by atoms with Crippen molar-refractivity contribution in [2.24, 2.45) is 5.92 Å². The highest BCUT2D eigenvalue weighted by molar-refractivity contribution is 7.89. The van der Waals surface area contributed by atoms with Crippen LogP contribution >= 0.6 is 0 Å². The zero-order valence-electron chi connectivity index (χ0n) is 23.1. The number of carbonyl (C=O) groups excluding carboxylic acids is 1. The van der Waals surface area contributed by atoms with Gasteiger partial charge in [0.15, 0.2) is 0 Å². The van der Waals surface area contributed by atoms with Crippen molar-refractivity contribution >= 4 is 38.2 Å². The van der Waals surface area contributed by atoms with Crippen molar-refractivity contribution < 1.29 is 13.2 Å². The summed E-state index contributed by atoms with van der Waals surface area (Å²) in [5.41, 5.74) is 1.82. The fourth-order valence-electron chi connectivity index (χ4n) is 6.80. The zero-order valence-corrected chi connectivity index (χ0v) is 23.9. The molecule has 1 aromatic heterocycles. The molecule has 1 saturated heterocycles. The molecule has 0 radical (unpaired) electrons. The van der Waals surface area contributed by atoms with Crippen molar-refractivity contribution in [1.29, 1.82) is 0 Å². The monoisotopic (exact) mass is 563 g/mol. The lowest BCUT2D eigenvalue weighted by atomic mass is 9.84. The first-order valence-electron chi connectivity index (χ1n) is 14.2. The van der Waals surface area contributed by atoms with Gasteiger partial charge in [-0.2, -0.15) is 4.31 Å². The SMILES string of the molecule is CN(C)c1cccc2c(S(=O)(=O)N3C[C@@H]4C[C@H](C3)c3ccc(NC(=O)NC5CCCCC5)c(=O)n3C4)cccc12. The number of aromatic nitrogens is 1. The quantitative estimate of drug-likeness (QED) is 0.481. The Balaban J connectivity index is 1.24. The van der Waals surface area contributed by atoms with Crippen molar-refractivity contribution in [2.75, 3.05) is 37.4 Å². The molecule has 3 aliphatic rings. The van der Waals surface area contributed by atoms with Crippen LogP contribution in [0.5, 0.6) is 0 Å². The van der Waals surface area contributed by atoms with Gasteiger partial charge in [0, 0.05) is 67.8 Å². The second-order valence-corrected chi connectivity index (χ2v) is 13.6. The first-order valence-corrected chi connectivity index (χ1v) is 15.7. The number of hydrogen-bond donors (Lipinski definition) is 2. The minimum atomic E-state index is -3.76. The summed E-state index contributed by atoms with van der Waals surface area (Å²) >= 11 is 0. The van der Waals surface area contributed by atoms with Crippen molar-refractivity contribution in [3.8, 4) is 0 Å². The van der Waals surface area contributed by atoms with Gasteiger partial charge in [0.25, 0.3) is 5.56 Å². The Hall–Kier alpha value is -3.37. The van der Waals surface area contributed by atoms with E-state index in [1.807, 2.05) is 49.3 Å². The van der Waals surface area contributed by atoms with Crippen LogP contribution in [0.3, 0.4) is 0 Å². The molecule has 3 heterocycles. The lowest BCUT2D eigenvalue weighted by Crippen LogP contribution is -2.49. The molecule has 2 atom stereocenters. The molecular weight excluding hydrogens is 526 g/mol. The third-order valence-electron chi connectivity index (χ3n) is 8.72. The molecule has 2 amide bonds. The zero-order chi connectivity index (χ0) is 28.0. The summed E-state index contributed by atoms with van der Waals surface area (Å²) in [7, 11) is 0.137. The van der Waals surface area contributed by atoms with Gasteiger partial charge in [0.2, 0.25) is 10.0 Å². The lowest BCUT2D eigenvalue weighted by molar-refractivity contribution is 0.186. The predicted molar refractivity (Wildman–Crippen MR) is 158 cm³/mol. The van der Waals surface area contributed by atoms with Gasteiger partial charge in [-0.25, -0.2) is 13.2 Å². The Kier molecular flexibility index (Phi) is 7.08. The molecule has 10 heteroatoms. The van der Waals surface area contributed by atoms with Gasteiger partial charge in [-0.05, 0) is 49.4 Å². The van der Waals surface area contributed by atoms with Crippen LogP contribution in [0.4, 0.5) is 16.2 Å². The van der Waals surface area contributed by atoms with E-state index in [0.29, 0.717) is 29.9 Å². The summed E-state index contributed by atoms with van der Waals surface area (Å²) in [5.74, 6) is -0.0789. The summed E-state index contributed by atoms with van der Waals surface area (Å²) < 4.78 is 31.4. The number of amides is 2. The molecule has 2 fully saturated rings. The van der Waals surface area contributed by atoms with Crippen LogP contribution in [0.1, 0.15) is 50.1 Å². The number of nitrogens with zero attached hydrogens (tertiary/aromatic N) is 3. The smallest absolute Gasteiger partial charge is 0.319 e. The van der Waals surface area contributed by atoms with Crippen molar-refractivity contribution in [2.45, 2.75) is 61.9 Å². The highest BCUT2D eigenvalue weighted by atomic mass is 32.2. The third kappa shape index (κ3) is 4.88. The van der Waals surface area contributed by atoms with Crippen LogP contribution in [0.2, 0.25) is 0 Å². The number of hydrogen-bond acceptors (Lipinski definition) is 5. The maximum atomic E-state index is 14.0. The minimum absolute atomic E-state index is 0.0114. The number of piperidine rings is 1. The second-order valence-electron chi connectivity index (χ2n) is 11.7. The lowest BCUT2D eigenvalue weighted by Gasteiger charge is -2.42. The number of nitrogens with one attached hydrogen (secondary N) is 2. The van der Waals surface area contributed by atoms with Crippen LogP contribution in [-0.2, 0) is 16.6 Å². The van der Waals surface area contributed by atoms with E-state index in [9.17, 15) is 18.0 Å². The Morgan fingerprint density at radius 3 is 2.45 bits per heavy atom. The average Bonchev–Trinajstić information content (AvgIpc) is 2.94. The Bertz CT molecular complexity index is 1610. The largest absolute Gasteiger partial charge is 0.377 e. The number of sulfonamides is 1. The van der Waals surface area contributed by atoms with Crippen LogP contribution in [0.15, 0.2) is 58.2 Å². The molecule has 2 bridgehead atoms. The Morgan fingerprint density at radius 1 is 0.925 bits per heavy atom. The molecule has 3 aromatic rings. The molecule has 9 nitrogen and oxygen atoms in total. The van der Waals surface area contributed by atoms with E-state index >= 15 is 0 Å². The van der Waals surface area contributed by atoms with Crippen molar-refractivity contribution in [3.05, 3.63) is 64.6 Å². The highest BCUT2D eigenvalue weighted by Gasteiger charge is 2.40. The predicted octanol–water partition coefficient (Wildman–Crippen LogP) is 4.33. The minimum Gasteiger partial charge on any atom is -0.377 e. The second kappa shape index (κ2) is 10.6. The standard InChI is InChI=1S/C30H37N5O4S/c1-33(2)27-12-6-11-24-23(27)10-7-13-28(24)40(38,39)34-17-20-16-21(19-34)26-15-14-25(29(36)35(26)18-20)32-30(37)31-22-8-4-3-5-9-22/h6-7,10-15,20-22H,3-5,8-9,16-19H2,1-2H3,(H2,31,32,37)/t20-,21+/m0/s1. The molecule has 0 spiro atoms. The van der Waals surface area contributed by atoms with Crippen molar-refractivity contribution in [1.82, 2.24) is 14.2 Å². The number of urea groups is 1. The molecule has 1 aliphatic carbocycles. The van der Waals surface area contributed by atoms with E-state index in [4.69, 9.17) is 0 Å². The van der Waals surface area contributed by atoms with E-state index in [1.165, 1.54) is 6.42 Å². The number of anilines is 2. The molecule has 40 heavy (non-hydrogen) atoms. The fourth-order valence-corrected chi connectivity index (χ4v) is 8.57. The van der Waals surface area contributed by atoms with Gasteiger partial charge in [-0.3, -0.25) is 4.79 Å². The number of benzene rings is 2. The van der Waals surface area contributed by atoms with E-state index in [0.717, 1.165) is 48.9 Å². The van der Waals surface area contributed by atoms with Crippen molar-refractivity contribution in [3.63, 3.8) is 0 Å². The normalized spacial score (nSPS) is 21.6. The van der Waals surface area contributed by atoms with Gasteiger partial charge in [-0.15, -0.1) is 0 Å². The maximum Gasteiger partial charge on any atom is 0.319 e. The number of fused-ring (bicyclic) bond motifs is 5. The van der Waals surface area contributed by atoms with E-state index in [1.54, 1.807) is 27.1 Å². The highest BCUT2D eigenvalue weighted by Crippen LogP contribution is 2.39. The summed E-state index contributed by atoms with van der Waals surface area (Å²) in [5, 5.41) is 7.37.